The third-order valence-electron chi connectivity index (χ3n) is 5.18. The first-order chi connectivity index (χ1) is 10.2. The minimum atomic E-state index is -0.415. The fraction of sp³-hybridized carbons (Fsp3) is 0.529. The maximum atomic E-state index is 9.97. The largest absolute Gasteiger partial charge is 0.493 e. The van der Waals surface area contributed by atoms with Crippen LogP contribution in [0.2, 0.25) is 0 Å². The smallest absolute Gasteiger partial charge is 0.166 e. The summed E-state index contributed by atoms with van der Waals surface area (Å²) in [6, 6.07) is 2.06. The summed E-state index contributed by atoms with van der Waals surface area (Å²) >= 11 is 0. The van der Waals surface area contributed by atoms with Crippen LogP contribution in [-0.2, 0) is 12.0 Å². The van der Waals surface area contributed by atoms with Gasteiger partial charge in [-0.2, -0.15) is 0 Å². The van der Waals surface area contributed by atoms with E-state index in [2.05, 4.69) is 24.4 Å². The normalized spacial score (nSPS) is 32.9. The molecule has 0 saturated carbocycles. The van der Waals surface area contributed by atoms with E-state index in [1.54, 1.807) is 7.11 Å². The molecule has 1 aromatic rings. The Bertz CT molecular complexity index is 625. The molecule has 0 saturated heterocycles. The molecule has 0 fully saturated rings. The molecule has 4 nitrogen and oxygen atoms in total. The van der Waals surface area contributed by atoms with Crippen molar-refractivity contribution in [2.24, 2.45) is 0 Å². The first kappa shape index (κ1) is 13.2. The van der Waals surface area contributed by atoms with E-state index in [9.17, 15) is 5.11 Å². The lowest BCUT2D eigenvalue weighted by Gasteiger charge is -2.35. The molecule has 2 heterocycles. The lowest BCUT2D eigenvalue weighted by atomic mass is 9.68. The number of methoxy groups -OCH3 is 1. The molecule has 0 bridgehead atoms. The number of aliphatic hydroxyl groups excluding tert-OH is 1. The van der Waals surface area contributed by atoms with Crippen LogP contribution in [-0.4, -0.2) is 31.0 Å². The molecule has 1 spiro atoms. The van der Waals surface area contributed by atoms with Crippen molar-refractivity contribution in [2.75, 3.05) is 13.7 Å². The Morgan fingerprint density at radius 3 is 3.14 bits per heavy atom. The topological polar surface area (TPSA) is 50.7 Å². The molecule has 2 N–H and O–H groups in total. The molecule has 1 aromatic carbocycles. The van der Waals surface area contributed by atoms with Crippen molar-refractivity contribution in [3.63, 3.8) is 0 Å². The summed E-state index contributed by atoms with van der Waals surface area (Å²) in [6.45, 7) is 3.95. The number of aryl methyl sites for hydroxylation is 1. The molecule has 4 heteroatoms. The van der Waals surface area contributed by atoms with E-state index in [0.29, 0.717) is 6.42 Å². The zero-order valence-corrected chi connectivity index (χ0v) is 12.5. The first-order valence-corrected chi connectivity index (χ1v) is 7.61. The van der Waals surface area contributed by atoms with Gasteiger partial charge in [0.05, 0.1) is 18.6 Å². The van der Waals surface area contributed by atoms with Crippen LogP contribution in [0.5, 0.6) is 11.5 Å². The van der Waals surface area contributed by atoms with Gasteiger partial charge in [0.2, 0.25) is 0 Å². The van der Waals surface area contributed by atoms with Crippen LogP contribution in [0.3, 0.4) is 0 Å². The molecule has 4 rings (SSSR count). The maximum absolute atomic E-state index is 9.97. The van der Waals surface area contributed by atoms with Gasteiger partial charge < -0.3 is 19.9 Å². The van der Waals surface area contributed by atoms with Gasteiger partial charge in [0.1, 0.15) is 6.10 Å². The molecular formula is C17H21NO3. The Hall–Kier alpha value is -1.52. The number of rotatable bonds is 1. The van der Waals surface area contributed by atoms with Crippen molar-refractivity contribution in [3.05, 3.63) is 34.9 Å². The summed E-state index contributed by atoms with van der Waals surface area (Å²) in [5, 5.41) is 13.5. The Kier molecular flexibility index (Phi) is 2.81. The van der Waals surface area contributed by atoms with Crippen molar-refractivity contribution >= 4 is 0 Å². The van der Waals surface area contributed by atoms with Gasteiger partial charge in [-0.15, -0.1) is 0 Å². The van der Waals surface area contributed by atoms with Crippen molar-refractivity contribution < 1.29 is 14.6 Å². The third-order valence-corrected chi connectivity index (χ3v) is 5.18. The van der Waals surface area contributed by atoms with Crippen molar-refractivity contribution in [3.8, 4) is 11.5 Å². The predicted molar refractivity (Wildman–Crippen MR) is 79.9 cm³/mol. The zero-order valence-electron chi connectivity index (χ0n) is 12.5. The molecule has 21 heavy (non-hydrogen) atoms. The van der Waals surface area contributed by atoms with E-state index in [-0.39, 0.29) is 11.5 Å². The van der Waals surface area contributed by atoms with E-state index < -0.39 is 6.10 Å². The van der Waals surface area contributed by atoms with Crippen LogP contribution < -0.4 is 14.8 Å². The van der Waals surface area contributed by atoms with E-state index in [0.717, 1.165) is 31.0 Å². The van der Waals surface area contributed by atoms with Gasteiger partial charge in [-0.1, -0.05) is 12.2 Å². The van der Waals surface area contributed by atoms with Crippen molar-refractivity contribution in [1.29, 1.82) is 0 Å². The van der Waals surface area contributed by atoms with E-state index in [1.165, 1.54) is 16.7 Å². The van der Waals surface area contributed by atoms with Gasteiger partial charge in [-0.05, 0) is 37.1 Å². The molecule has 0 aromatic heterocycles. The summed E-state index contributed by atoms with van der Waals surface area (Å²) in [7, 11) is 1.69. The minimum Gasteiger partial charge on any atom is -0.493 e. The van der Waals surface area contributed by atoms with Crippen LogP contribution in [0.4, 0.5) is 0 Å². The number of ether oxygens (including phenoxy) is 2. The van der Waals surface area contributed by atoms with Gasteiger partial charge in [-0.3, -0.25) is 0 Å². The second-order valence-electron chi connectivity index (χ2n) is 6.31. The van der Waals surface area contributed by atoms with Gasteiger partial charge >= 0.3 is 0 Å². The number of aliphatic hydroxyl groups is 1. The van der Waals surface area contributed by atoms with E-state index >= 15 is 0 Å². The second-order valence-corrected chi connectivity index (χ2v) is 6.31. The predicted octanol–water partition coefficient (Wildman–Crippen LogP) is 1.82. The average Bonchev–Trinajstić information content (AvgIpc) is 2.67. The molecule has 2 aliphatic heterocycles. The van der Waals surface area contributed by atoms with Crippen LogP contribution in [0.1, 0.15) is 29.5 Å². The van der Waals surface area contributed by atoms with Gasteiger partial charge in [-0.25, -0.2) is 0 Å². The fourth-order valence-electron chi connectivity index (χ4n) is 4.11. The zero-order chi connectivity index (χ0) is 14.6. The SMILES string of the molecule is COc1cc(C)c2c3c1OC1C[C@@H](O)C=CC31CCNC2. The quantitative estimate of drug-likeness (QED) is 0.774. The highest BCUT2D eigenvalue weighted by Gasteiger charge is 2.52. The Morgan fingerprint density at radius 1 is 1.48 bits per heavy atom. The minimum absolute atomic E-state index is 0.00171. The molecule has 3 atom stereocenters. The highest BCUT2D eigenvalue weighted by molar-refractivity contribution is 5.63. The Labute approximate surface area is 124 Å². The van der Waals surface area contributed by atoms with Gasteiger partial charge in [0, 0.05) is 18.5 Å². The van der Waals surface area contributed by atoms with E-state index in [4.69, 9.17) is 9.47 Å². The summed E-state index contributed by atoms with van der Waals surface area (Å²) in [5.74, 6) is 1.69. The average molecular weight is 287 g/mol. The highest BCUT2D eigenvalue weighted by atomic mass is 16.5. The summed E-state index contributed by atoms with van der Waals surface area (Å²) in [6.07, 6.45) is 5.33. The summed E-state index contributed by atoms with van der Waals surface area (Å²) < 4.78 is 11.8. The molecule has 2 unspecified atom stereocenters. The van der Waals surface area contributed by atoms with Crippen LogP contribution in [0.15, 0.2) is 18.2 Å². The number of benzene rings is 1. The van der Waals surface area contributed by atoms with Crippen molar-refractivity contribution in [1.82, 2.24) is 5.32 Å². The highest BCUT2D eigenvalue weighted by Crippen LogP contribution is 2.55. The van der Waals surface area contributed by atoms with E-state index in [1.807, 2.05) is 6.08 Å². The number of nitrogens with one attached hydrogen (secondary N) is 1. The maximum Gasteiger partial charge on any atom is 0.166 e. The third kappa shape index (κ3) is 1.69. The standard InChI is InChI=1S/C17H21NO3/c1-10-7-13(20-2)16-15-12(10)9-18-6-5-17(15)4-3-11(19)8-14(17)21-16/h3-4,7,11,14,18-19H,5-6,8-9H2,1-2H3/t11-,14?,17?/m0/s1. The van der Waals surface area contributed by atoms with Crippen LogP contribution in [0, 0.1) is 6.92 Å². The Morgan fingerprint density at radius 2 is 2.33 bits per heavy atom. The van der Waals surface area contributed by atoms with Crippen LogP contribution >= 0.6 is 0 Å². The fourth-order valence-corrected chi connectivity index (χ4v) is 4.11. The molecule has 112 valence electrons. The molecule has 0 amide bonds. The molecule has 1 aliphatic carbocycles. The lowest BCUT2D eigenvalue weighted by Crippen LogP contribution is -2.42. The number of hydrogen-bond donors (Lipinski definition) is 2. The lowest BCUT2D eigenvalue weighted by molar-refractivity contribution is 0.0851. The summed E-state index contributed by atoms with van der Waals surface area (Å²) in [4.78, 5) is 0. The molecule has 3 aliphatic rings. The first-order valence-electron chi connectivity index (χ1n) is 7.61. The number of hydrogen-bond acceptors (Lipinski definition) is 4. The van der Waals surface area contributed by atoms with Gasteiger partial charge in [0.15, 0.2) is 11.5 Å². The molecular weight excluding hydrogens is 266 g/mol. The van der Waals surface area contributed by atoms with Crippen molar-refractivity contribution in [2.45, 2.75) is 43.9 Å². The second kappa shape index (κ2) is 4.49. The molecule has 0 radical (unpaired) electrons. The Balaban J connectivity index is 2.00. The monoisotopic (exact) mass is 287 g/mol. The van der Waals surface area contributed by atoms with Crippen LogP contribution in [0.25, 0.3) is 0 Å². The van der Waals surface area contributed by atoms with Gasteiger partial charge in [0.25, 0.3) is 0 Å². The summed E-state index contributed by atoms with van der Waals surface area (Å²) in [5.41, 5.74) is 3.72.